The first-order valence-corrected chi connectivity index (χ1v) is 8.86. The summed E-state index contributed by atoms with van der Waals surface area (Å²) in [4.78, 5) is 21.0. The Kier molecular flexibility index (Phi) is 14.9. The van der Waals surface area contributed by atoms with Crippen molar-refractivity contribution in [3.8, 4) is 0 Å². The monoisotopic (exact) mass is 472 g/mol. The molecule has 2 aromatic rings. The fourth-order valence-corrected chi connectivity index (χ4v) is 2.00. The molecule has 0 aliphatic rings. The van der Waals surface area contributed by atoms with Crippen LogP contribution in [0.3, 0.4) is 0 Å². The summed E-state index contributed by atoms with van der Waals surface area (Å²) in [5.41, 5.74) is 3.52. The lowest BCUT2D eigenvalue weighted by Crippen LogP contribution is -2.41. The number of hydrogen-bond acceptors (Lipinski definition) is 4. The molecule has 0 atom stereocenters. The van der Waals surface area contributed by atoms with E-state index < -0.39 is 10.5 Å². The lowest BCUT2D eigenvalue weighted by molar-refractivity contribution is 0.107. The fraction of sp³-hybridized carbons (Fsp3) is 0.222. The lowest BCUT2D eigenvalue weighted by Gasteiger charge is -2.14. The molecule has 0 unspecified atom stereocenters. The minimum absolute atomic E-state index is 0. The van der Waals surface area contributed by atoms with Crippen molar-refractivity contribution in [2.24, 2.45) is 5.84 Å². The quantitative estimate of drug-likeness (QED) is 0.313. The summed E-state index contributed by atoms with van der Waals surface area (Å²) < 4.78 is 0. The molecular weight excluding hydrogens is 453 g/mol. The van der Waals surface area contributed by atoms with Crippen LogP contribution in [0.5, 0.6) is 0 Å². The van der Waals surface area contributed by atoms with Crippen LogP contribution in [0.25, 0.3) is 0 Å². The minimum atomic E-state index is -0.561. The number of nitrogens with two attached hydrogens (primary N) is 1. The lowest BCUT2D eigenvalue weighted by atomic mass is 10.1. The number of carbonyl (C=O) groups is 2. The van der Waals surface area contributed by atoms with E-state index in [9.17, 15) is 9.59 Å². The van der Waals surface area contributed by atoms with E-state index in [4.69, 9.17) is 52.2 Å². The van der Waals surface area contributed by atoms with Crippen molar-refractivity contribution < 1.29 is 9.59 Å². The number of nitrogens with one attached hydrogen (secondary N) is 1. The molecule has 0 spiro atoms. The summed E-state index contributed by atoms with van der Waals surface area (Å²) in [6.07, 6.45) is 0. The summed E-state index contributed by atoms with van der Waals surface area (Å²) in [6.45, 7) is 6.02. The molecule has 0 bridgehead atoms. The predicted octanol–water partition coefficient (Wildman–Crippen LogP) is 6.11. The highest BCUT2D eigenvalue weighted by Gasteiger charge is 2.03. The van der Waals surface area contributed by atoms with Gasteiger partial charge in [0.15, 0.2) is 0 Å². The van der Waals surface area contributed by atoms with Crippen LogP contribution in [0.2, 0.25) is 10.0 Å². The van der Waals surface area contributed by atoms with Crippen LogP contribution in [-0.2, 0) is 0 Å². The highest BCUT2D eigenvalue weighted by atomic mass is 35.5. The summed E-state index contributed by atoms with van der Waals surface area (Å²) in [5, 5.41) is -0.159. The summed E-state index contributed by atoms with van der Waals surface area (Å²) >= 11 is 21.6. The van der Waals surface area contributed by atoms with E-state index in [-0.39, 0.29) is 17.9 Å². The Hall–Kier alpha value is -0.850. The van der Waals surface area contributed by atoms with E-state index >= 15 is 0 Å². The van der Waals surface area contributed by atoms with E-state index in [1.807, 2.05) is 26.8 Å². The van der Waals surface area contributed by atoms with Crippen LogP contribution in [0.15, 0.2) is 48.5 Å². The molecule has 4 nitrogen and oxygen atoms in total. The molecule has 27 heavy (non-hydrogen) atoms. The Balaban J connectivity index is 0. The maximum absolute atomic E-state index is 10.6. The zero-order valence-corrected chi connectivity index (χ0v) is 18.8. The van der Waals surface area contributed by atoms with E-state index in [0.29, 0.717) is 21.2 Å². The zero-order valence-electron chi connectivity index (χ0n) is 14.9. The van der Waals surface area contributed by atoms with Crippen molar-refractivity contribution in [2.75, 3.05) is 0 Å². The number of halogens is 5. The third kappa shape index (κ3) is 14.8. The van der Waals surface area contributed by atoms with Gasteiger partial charge in [0.05, 0.1) is 0 Å². The van der Waals surface area contributed by atoms with Gasteiger partial charge in [-0.3, -0.25) is 20.9 Å². The third-order valence-electron chi connectivity index (χ3n) is 2.52. The van der Waals surface area contributed by atoms with E-state index in [1.165, 1.54) is 18.2 Å². The molecule has 150 valence electrons. The van der Waals surface area contributed by atoms with Crippen LogP contribution in [-0.4, -0.2) is 16.0 Å². The molecule has 0 saturated carbocycles. The first kappa shape index (κ1) is 28.4. The minimum Gasteiger partial charge on any atom is -0.276 e. The van der Waals surface area contributed by atoms with Gasteiger partial charge < -0.3 is 0 Å². The third-order valence-corrected chi connectivity index (χ3v) is 3.40. The van der Waals surface area contributed by atoms with Crippen molar-refractivity contribution in [1.29, 1.82) is 0 Å². The van der Waals surface area contributed by atoms with Crippen LogP contribution in [0, 0.1) is 0 Å². The molecule has 0 aliphatic carbocycles. The summed E-state index contributed by atoms with van der Waals surface area (Å²) in [7, 11) is 0. The first-order chi connectivity index (χ1) is 12.0. The predicted molar refractivity (Wildman–Crippen MR) is 118 cm³/mol. The van der Waals surface area contributed by atoms with Gasteiger partial charge in [0.1, 0.15) is 0 Å². The number of benzene rings is 2. The summed E-state index contributed by atoms with van der Waals surface area (Å²) in [6, 6.07) is 13.2. The Bertz CT molecular complexity index is 699. The second-order valence-corrected chi connectivity index (χ2v) is 7.53. The molecule has 9 heteroatoms. The number of carbonyl (C=O) groups excluding carboxylic acids is 2. The Morgan fingerprint density at radius 2 is 1.22 bits per heavy atom. The van der Waals surface area contributed by atoms with Gasteiger partial charge in [0, 0.05) is 26.7 Å². The Labute approximate surface area is 185 Å². The Morgan fingerprint density at radius 1 is 0.852 bits per heavy atom. The highest BCUT2D eigenvalue weighted by Crippen LogP contribution is 2.19. The van der Waals surface area contributed by atoms with Crippen LogP contribution >= 0.6 is 58.8 Å². The van der Waals surface area contributed by atoms with Gasteiger partial charge in [-0.2, -0.15) is 0 Å². The zero-order chi connectivity index (χ0) is 20.3. The fourth-order valence-electron chi connectivity index (χ4n) is 1.24. The van der Waals surface area contributed by atoms with Gasteiger partial charge in [-0.15, -0.1) is 12.4 Å². The Morgan fingerprint density at radius 3 is 1.48 bits per heavy atom. The SMILES string of the molecule is CC(C)(C)NN.Cl.O=C(Cl)c1cc(Cl)cc(Cl)c1.O=C(Cl)c1ccccc1. The largest absolute Gasteiger partial charge is 0.276 e. The topological polar surface area (TPSA) is 72.2 Å². The molecule has 0 saturated heterocycles. The van der Waals surface area contributed by atoms with Crippen molar-refractivity contribution in [3.63, 3.8) is 0 Å². The van der Waals surface area contributed by atoms with E-state index in [1.54, 1.807) is 24.3 Å². The maximum Gasteiger partial charge on any atom is 0.252 e. The molecular formula is C18H21Cl5N2O2. The van der Waals surface area contributed by atoms with Gasteiger partial charge in [-0.25, -0.2) is 0 Å². The molecule has 0 heterocycles. The smallest absolute Gasteiger partial charge is 0.252 e. The standard InChI is InChI=1S/C7H3Cl3O.C7H5ClO.C4H12N2.ClH/c8-5-1-4(7(10)11)2-6(9)3-5;8-7(9)6-4-2-1-3-5-6;1-4(2,3)6-5;/h1-3H;1-5H;6H,5H2,1-3H3;1H. The molecule has 0 aromatic heterocycles. The average Bonchev–Trinajstić information content (AvgIpc) is 2.55. The van der Waals surface area contributed by atoms with E-state index in [0.717, 1.165) is 0 Å². The van der Waals surface area contributed by atoms with Crippen LogP contribution in [0.4, 0.5) is 0 Å². The van der Waals surface area contributed by atoms with Crippen molar-refractivity contribution in [1.82, 2.24) is 5.43 Å². The molecule has 2 rings (SSSR count). The second kappa shape index (κ2) is 14.2. The van der Waals surface area contributed by atoms with E-state index in [2.05, 4.69) is 5.43 Å². The molecule has 0 fully saturated rings. The highest BCUT2D eigenvalue weighted by molar-refractivity contribution is 6.68. The van der Waals surface area contributed by atoms with Crippen LogP contribution < -0.4 is 11.3 Å². The molecule has 0 aliphatic heterocycles. The van der Waals surface area contributed by atoms with Crippen molar-refractivity contribution in [3.05, 3.63) is 69.7 Å². The van der Waals surface area contributed by atoms with Gasteiger partial charge in [-0.1, -0.05) is 53.5 Å². The normalized spacial score (nSPS) is 9.63. The number of hydrogen-bond donors (Lipinski definition) is 2. The molecule has 0 amide bonds. The number of rotatable bonds is 2. The van der Waals surface area contributed by atoms with Gasteiger partial charge in [-0.05, 0) is 62.2 Å². The van der Waals surface area contributed by atoms with Gasteiger partial charge >= 0.3 is 0 Å². The first-order valence-electron chi connectivity index (χ1n) is 7.35. The maximum atomic E-state index is 10.6. The summed E-state index contributed by atoms with van der Waals surface area (Å²) in [5.74, 6) is 5.06. The molecule has 3 N–H and O–H groups in total. The van der Waals surface area contributed by atoms with Gasteiger partial charge in [0.25, 0.3) is 10.5 Å². The van der Waals surface area contributed by atoms with Gasteiger partial charge in [0.2, 0.25) is 0 Å². The van der Waals surface area contributed by atoms with Crippen LogP contribution in [0.1, 0.15) is 41.5 Å². The average molecular weight is 475 g/mol. The number of hydrazine groups is 1. The molecule has 2 aromatic carbocycles. The van der Waals surface area contributed by atoms with Crippen molar-refractivity contribution >= 4 is 69.3 Å². The van der Waals surface area contributed by atoms with Crippen molar-refractivity contribution in [2.45, 2.75) is 26.3 Å². The second-order valence-electron chi connectivity index (χ2n) is 5.97. The molecule has 0 radical (unpaired) electrons.